The zero-order chi connectivity index (χ0) is 11.6. The van der Waals surface area contributed by atoms with Gasteiger partial charge in [0.25, 0.3) is 0 Å². The van der Waals surface area contributed by atoms with Gasteiger partial charge in [0.15, 0.2) is 6.10 Å². The van der Waals surface area contributed by atoms with Crippen molar-refractivity contribution in [3.05, 3.63) is 28.8 Å². The Balaban J connectivity index is 3.21. The molecule has 0 fully saturated rings. The third kappa shape index (κ3) is 2.27. The van der Waals surface area contributed by atoms with Crippen LogP contribution in [0.4, 0.5) is 5.69 Å². The summed E-state index contributed by atoms with van der Waals surface area (Å²) in [6, 6.07) is 5.01. The van der Waals surface area contributed by atoms with Crippen LogP contribution in [0.2, 0.25) is 0 Å². The molecule has 1 rings (SSSR count). The van der Waals surface area contributed by atoms with Crippen molar-refractivity contribution in [3.63, 3.8) is 0 Å². The summed E-state index contributed by atoms with van der Waals surface area (Å²) in [7, 11) is 0. The molecule has 0 spiro atoms. The molecular formula is C11H14N2O2. The predicted octanol–water partition coefficient (Wildman–Crippen LogP) is 0.804. The minimum absolute atomic E-state index is 0.568. The Labute approximate surface area is 88.6 Å². The summed E-state index contributed by atoms with van der Waals surface area (Å²) in [5.74, 6) is 0. The van der Waals surface area contributed by atoms with Crippen LogP contribution in [0.25, 0.3) is 0 Å². The first kappa shape index (κ1) is 11.5. The lowest BCUT2D eigenvalue weighted by molar-refractivity contribution is 0.0519. The van der Waals surface area contributed by atoms with Gasteiger partial charge in [0.05, 0.1) is 6.07 Å². The molecule has 15 heavy (non-hydrogen) atoms. The number of anilines is 1. The highest BCUT2D eigenvalue weighted by molar-refractivity contribution is 5.50. The molecule has 0 aromatic heterocycles. The van der Waals surface area contributed by atoms with E-state index in [1.165, 1.54) is 0 Å². The maximum atomic E-state index is 9.73. The van der Waals surface area contributed by atoms with Gasteiger partial charge in [-0.15, -0.1) is 0 Å². The minimum Gasteiger partial charge on any atom is -0.399 e. The quantitative estimate of drug-likeness (QED) is 0.493. The second-order valence-corrected chi connectivity index (χ2v) is 3.59. The summed E-state index contributed by atoms with van der Waals surface area (Å²) in [6.07, 6.45) is -2.60. The molecule has 4 N–H and O–H groups in total. The minimum atomic E-state index is -1.41. The monoisotopic (exact) mass is 206 g/mol. The van der Waals surface area contributed by atoms with E-state index in [0.29, 0.717) is 11.3 Å². The number of rotatable bonds is 2. The molecule has 4 nitrogen and oxygen atoms in total. The molecule has 2 atom stereocenters. The SMILES string of the molecule is Cc1cc(N)cc(C)c1C(O)C(O)C#N. The van der Waals surface area contributed by atoms with E-state index in [1.807, 2.05) is 0 Å². The molecule has 0 saturated heterocycles. The number of benzene rings is 1. The van der Waals surface area contributed by atoms with Crippen LogP contribution < -0.4 is 5.73 Å². The molecule has 0 saturated carbocycles. The van der Waals surface area contributed by atoms with Gasteiger partial charge >= 0.3 is 0 Å². The number of hydrogen-bond acceptors (Lipinski definition) is 4. The molecular weight excluding hydrogens is 192 g/mol. The van der Waals surface area contributed by atoms with Crippen molar-refractivity contribution in [2.75, 3.05) is 5.73 Å². The molecule has 0 aliphatic carbocycles. The lowest BCUT2D eigenvalue weighted by atomic mass is 9.94. The summed E-state index contributed by atoms with van der Waals surface area (Å²) in [4.78, 5) is 0. The Kier molecular flexibility index (Phi) is 3.30. The first-order valence-electron chi connectivity index (χ1n) is 4.59. The van der Waals surface area contributed by atoms with Crippen molar-refractivity contribution >= 4 is 5.69 Å². The van der Waals surface area contributed by atoms with Crippen LogP contribution in [-0.2, 0) is 0 Å². The van der Waals surface area contributed by atoms with Crippen LogP contribution in [0.1, 0.15) is 22.8 Å². The number of nitriles is 1. The number of aliphatic hydroxyl groups excluding tert-OH is 2. The Morgan fingerprint density at radius 1 is 1.27 bits per heavy atom. The van der Waals surface area contributed by atoms with Crippen LogP contribution in [0.5, 0.6) is 0 Å². The number of nitrogens with two attached hydrogens (primary N) is 1. The van der Waals surface area contributed by atoms with Crippen LogP contribution in [0.3, 0.4) is 0 Å². The number of hydrogen-bond donors (Lipinski definition) is 3. The van der Waals surface area contributed by atoms with Crippen molar-refractivity contribution in [1.29, 1.82) is 5.26 Å². The van der Waals surface area contributed by atoms with Gasteiger partial charge in [-0.2, -0.15) is 5.26 Å². The molecule has 0 aliphatic heterocycles. The van der Waals surface area contributed by atoms with Crippen molar-refractivity contribution in [2.24, 2.45) is 0 Å². The van der Waals surface area contributed by atoms with Gasteiger partial charge in [-0.25, -0.2) is 0 Å². The molecule has 0 aliphatic rings. The predicted molar refractivity (Wildman–Crippen MR) is 56.9 cm³/mol. The van der Waals surface area contributed by atoms with Crippen molar-refractivity contribution in [3.8, 4) is 6.07 Å². The number of nitrogens with zero attached hydrogens (tertiary/aromatic N) is 1. The third-order valence-corrected chi connectivity index (χ3v) is 2.34. The van der Waals surface area contributed by atoms with Gasteiger partial charge in [-0.1, -0.05) is 0 Å². The highest BCUT2D eigenvalue weighted by Gasteiger charge is 2.21. The fourth-order valence-corrected chi connectivity index (χ4v) is 1.70. The molecule has 0 heterocycles. The summed E-state index contributed by atoms with van der Waals surface area (Å²) in [5.41, 5.74) is 8.34. The Bertz CT molecular complexity index is 387. The van der Waals surface area contributed by atoms with E-state index in [2.05, 4.69) is 0 Å². The van der Waals surface area contributed by atoms with Crippen molar-refractivity contribution < 1.29 is 10.2 Å². The summed E-state index contributed by atoms with van der Waals surface area (Å²) >= 11 is 0. The average Bonchev–Trinajstić information content (AvgIpc) is 2.14. The number of aliphatic hydroxyl groups is 2. The van der Waals surface area contributed by atoms with Gasteiger partial charge in [-0.3, -0.25) is 0 Å². The third-order valence-electron chi connectivity index (χ3n) is 2.34. The van der Waals surface area contributed by atoms with E-state index in [0.717, 1.165) is 11.1 Å². The number of aryl methyl sites for hydroxylation is 2. The van der Waals surface area contributed by atoms with Crippen LogP contribution in [0, 0.1) is 25.2 Å². The van der Waals surface area contributed by atoms with E-state index >= 15 is 0 Å². The maximum Gasteiger partial charge on any atom is 0.170 e. The fraction of sp³-hybridized carbons (Fsp3) is 0.364. The van der Waals surface area contributed by atoms with Crippen molar-refractivity contribution in [2.45, 2.75) is 26.1 Å². The van der Waals surface area contributed by atoms with Gasteiger partial charge in [0, 0.05) is 5.69 Å². The first-order chi connectivity index (χ1) is 6.97. The van der Waals surface area contributed by atoms with Gasteiger partial charge in [-0.05, 0) is 42.7 Å². The summed E-state index contributed by atoms with van der Waals surface area (Å²) in [6.45, 7) is 3.57. The Hall–Kier alpha value is -1.57. The molecule has 0 bridgehead atoms. The van der Waals surface area contributed by atoms with Crippen molar-refractivity contribution in [1.82, 2.24) is 0 Å². The zero-order valence-electron chi connectivity index (χ0n) is 8.73. The summed E-state index contributed by atoms with van der Waals surface area (Å²) in [5, 5.41) is 27.5. The maximum absolute atomic E-state index is 9.73. The lowest BCUT2D eigenvalue weighted by Gasteiger charge is -2.18. The summed E-state index contributed by atoms with van der Waals surface area (Å²) < 4.78 is 0. The first-order valence-corrected chi connectivity index (χ1v) is 4.59. The fourth-order valence-electron chi connectivity index (χ4n) is 1.70. The highest BCUT2D eigenvalue weighted by atomic mass is 16.3. The molecule has 1 aromatic rings. The zero-order valence-corrected chi connectivity index (χ0v) is 8.73. The van der Waals surface area contributed by atoms with Crippen LogP contribution >= 0.6 is 0 Å². The Morgan fingerprint density at radius 2 is 1.73 bits per heavy atom. The normalized spacial score (nSPS) is 14.3. The number of nitrogen functional groups attached to an aromatic ring is 1. The molecule has 0 radical (unpaired) electrons. The van der Waals surface area contributed by atoms with E-state index in [-0.39, 0.29) is 0 Å². The second kappa shape index (κ2) is 4.30. The average molecular weight is 206 g/mol. The molecule has 2 unspecified atom stereocenters. The standard InChI is InChI=1S/C11H14N2O2/c1-6-3-8(13)4-7(2)10(6)11(15)9(14)5-12/h3-4,9,11,14-15H,13H2,1-2H3. The second-order valence-electron chi connectivity index (χ2n) is 3.59. The van der Waals surface area contributed by atoms with Gasteiger partial charge in [0.1, 0.15) is 6.10 Å². The lowest BCUT2D eigenvalue weighted by Crippen LogP contribution is -2.18. The van der Waals surface area contributed by atoms with E-state index in [1.54, 1.807) is 32.0 Å². The molecule has 1 aromatic carbocycles. The highest BCUT2D eigenvalue weighted by Crippen LogP contribution is 2.26. The topological polar surface area (TPSA) is 90.3 Å². The van der Waals surface area contributed by atoms with Gasteiger partial charge < -0.3 is 15.9 Å². The molecule has 0 amide bonds. The molecule has 80 valence electrons. The van der Waals surface area contributed by atoms with E-state index < -0.39 is 12.2 Å². The molecule has 4 heteroatoms. The largest absolute Gasteiger partial charge is 0.399 e. The van der Waals surface area contributed by atoms with Gasteiger partial charge in [0.2, 0.25) is 0 Å². The van der Waals surface area contributed by atoms with E-state index in [9.17, 15) is 10.2 Å². The van der Waals surface area contributed by atoms with E-state index in [4.69, 9.17) is 11.0 Å². The van der Waals surface area contributed by atoms with Crippen LogP contribution in [0.15, 0.2) is 12.1 Å². The van der Waals surface area contributed by atoms with Crippen LogP contribution in [-0.4, -0.2) is 16.3 Å². The Morgan fingerprint density at radius 3 is 2.13 bits per heavy atom. The smallest absolute Gasteiger partial charge is 0.170 e.